The Morgan fingerprint density at radius 1 is 0.455 bits per heavy atom. The predicted octanol–water partition coefficient (Wildman–Crippen LogP) is 4.21. The molecule has 22 heavy (non-hydrogen) atoms. The molecule has 0 heterocycles. The van der Waals surface area contributed by atoms with Gasteiger partial charge in [-0.05, 0) is 0 Å². The number of hydrogen-bond donors (Lipinski definition) is 0. The molecule has 0 amide bonds. The van der Waals surface area contributed by atoms with E-state index in [1.54, 1.807) is 0 Å². The van der Waals surface area contributed by atoms with Gasteiger partial charge in [0.1, 0.15) is 0 Å². The van der Waals surface area contributed by atoms with Gasteiger partial charge in [-0.25, -0.2) is 46.5 Å². The predicted molar refractivity (Wildman–Crippen MR) is 72.7 cm³/mol. The minimum Gasteiger partial charge on any atom is -0.247 e. The van der Waals surface area contributed by atoms with Crippen molar-refractivity contribution in [3.63, 3.8) is 0 Å². The van der Waals surface area contributed by atoms with Crippen molar-refractivity contribution in [1.82, 2.24) is 0 Å². The second-order valence-electron chi connectivity index (χ2n) is 3.96. The molecule has 0 aliphatic carbocycles. The Labute approximate surface area is 233 Å². The average Bonchev–Trinajstić information content (AvgIpc) is 2.49. The molecule has 0 unspecified atom stereocenters. The molecule has 0 spiro atoms. The summed E-state index contributed by atoms with van der Waals surface area (Å²) in [6.45, 7) is 0. The zero-order valence-corrected chi connectivity index (χ0v) is 23.4. The van der Waals surface area contributed by atoms with Crippen LogP contribution in [0.2, 0.25) is 0 Å². The van der Waals surface area contributed by atoms with E-state index in [0.29, 0.717) is 0 Å². The molecule has 3 aromatic carbocycles. The first kappa shape index (κ1) is 26.3. The molecule has 0 atom stereocenters. The Bertz CT molecular complexity index is 564. The molecule has 0 nitrogen and oxygen atoms in total. The second-order valence-corrected chi connectivity index (χ2v) is 3.96. The Morgan fingerprint density at radius 3 is 1.14 bits per heavy atom. The van der Waals surface area contributed by atoms with Crippen molar-refractivity contribution in [3.8, 4) is 22.3 Å². The van der Waals surface area contributed by atoms with E-state index in [9.17, 15) is 0 Å². The van der Waals surface area contributed by atoms with Crippen LogP contribution in [0.3, 0.4) is 0 Å². The van der Waals surface area contributed by atoms with Gasteiger partial charge in [-0.1, -0.05) is 0 Å². The molecule has 0 aliphatic heterocycles. The quantitative estimate of drug-likeness (QED) is 0.398. The fraction of sp³-hybridized carbons (Fsp3) is 0. The van der Waals surface area contributed by atoms with E-state index >= 15 is 0 Å². The van der Waals surface area contributed by atoms with Crippen molar-refractivity contribution in [2.75, 3.05) is 0 Å². The normalized spacial score (nSPS) is 8.36. The van der Waals surface area contributed by atoms with Crippen LogP contribution in [0.4, 0.5) is 0 Å². The van der Waals surface area contributed by atoms with Crippen molar-refractivity contribution in [2.24, 2.45) is 0 Å². The van der Waals surface area contributed by atoms with Gasteiger partial charge in [0.05, 0.1) is 0 Å². The van der Waals surface area contributed by atoms with Gasteiger partial charge >= 0.3 is 0 Å². The van der Waals surface area contributed by atoms with E-state index in [2.05, 4.69) is 24.3 Å². The number of benzene rings is 3. The van der Waals surface area contributed by atoms with Crippen molar-refractivity contribution in [1.29, 1.82) is 0 Å². The Morgan fingerprint density at radius 2 is 0.864 bits per heavy atom. The van der Waals surface area contributed by atoms with E-state index in [-0.39, 0.29) is 131 Å². The number of hydrogen-bond acceptors (Lipinski definition) is 0. The van der Waals surface area contributed by atoms with E-state index < -0.39 is 0 Å². The molecule has 4 radical (unpaired) electrons. The molecule has 0 saturated heterocycles. The van der Waals surface area contributed by atoms with Crippen molar-refractivity contribution in [3.05, 3.63) is 84.9 Å². The first-order chi connectivity index (χ1) is 8.93. The van der Waals surface area contributed by atoms with Crippen molar-refractivity contribution >= 4 is 0 Å². The van der Waals surface area contributed by atoms with Crippen LogP contribution in [0.1, 0.15) is 0 Å². The molecular weight excluding hydrogens is 572 g/mol. The van der Waals surface area contributed by atoms with Gasteiger partial charge in [0.25, 0.3) is 0 Å². The van der Waals surface area contributed by atoms with Crippen LogP contribution in [0.5, 0.6) is 0 Å². The van der Waals surface area contributed by atoms with E-state index in [0.717, 1.165) is 22.3 Å². The number of rotatable bonds is 2. The van der Waals surface area contributed by atoms with Gasteiger partial charge in [0.15, 0.2) is 0 Å². The first-order valence-electron chi connectivity index (χ1n) is 5.81. The third kappa shape index (κ3) is 7.53. The molecule has 0 bridgehead atoms. The molecule has 0 fully saturated rings. The van der Waals surface area contributed by atoms with Crippen LogP contribution in [0, 0.1) is 24.3 Å². The Hall–Kier alpha value is 2.08. The second kappa shape index (κ2) is 14.3. The minimum atomic E-state index is 0. The summed E-state index contributed by atoms with van der Waals surface area (Å²) in [4.78, 5) is 0. The summed E-state index contributed by atoms with van der Waals surface area (Å²) in [5.41, 5.74) is 4.10. The molecule has 3 aromatic rings. The van der Waals surface area contributed by atoms with E-state index in [4.69, 9.17) is 0 Å². The van der Waals surface area contributed by atoms with Gasteiger partial charge < -0.3 is 0 Å². The van der Waals surface area contributed by atoms with Crippen LogP contribution >= 0.6 is 0 Å². The minimum absolute atomic E-state index is 0. The summed E-state index contributed by atoms with van der Waals surface area (Å²) in [5.74, 6) is 0. The topological polar surface area (TPSA) is 0 Å². The van der Waals surface area contributed by atoms with Crippen LogP contribution in [0.15, 0.2) is 60.7 Å². The van der Waals surface area contributed by atoms with Crippen LogP contribution in [-0.4, -0.2) is 0 Å². The van der Waals surface area contributed by atoms with E-state index in [1.165, 1.54) is 0 Å². The fourth-order valence-electron chi connectivity index (χ4n) is 1.82. The summed E-state index contributed by atoms with van der Waals surface area (Å²) in [6, 6.07) is 32.6. The van der Waals surface area contributed by atoms with Crippen molar-refractivity contribution in [2.45, 2.75) is 0 Å². The fourth-order valence-corrected chi connectivity index (χ4v) is 1.82. The maximum Gasteiger partial charge on any atom is 0 e. The van der Waals surface area contributed by atoms with E-state index in [1.807, 2.05) is 60.7 Å². The summed E-state index contributed by atoms with van der Waals surface area (Å²) in [5, 5.41) is 0. The van der Waals surface area contributed by atoms with Gasteiger partial charge in [-0.3, -0.25) is 0 Å². The maximum atomic E-state index is 3.27. The standard InChI is InChI=1S/C18H10.4Y/c1-3-7-15(8-4-1)17-11-13-18(14-12-17)16-9-5-2-6-10-16;;;;/h1-7,9,11,14H;;;;/q-4;;;;. The van der Waals surface area contributed by atoms with Crippen LogP contribution in [0.25, 0.3) is 22.3 Å². The third-order valence-electron chi connectivity index (χ3n) is 2.74. The zero-order chi connectivity index (χ0) is 12.2. The molecule has 0 aromatic heterocycles. The average molecular weight is 582 g/mol. The van der Waals surface area contributed by atoms with Gasteiger partial charge in [-0.15, -0.1) is 12.1 Å². The zero-order valence-electron chi connectivity index (χ0n) is 12.1. The molecule has 98 valence electrons. The monoisotopic (exact) mass is 582 g/mol. The third-order valence-corrected chi connectivity index (χ3v) is 2.74. The molecular formula is C18H10Y4-4. The summed E-state index contributed by atoms with van der Waals surface area (Å²) < 4.78 is 0. The van der Waals surface area contributed by atoms with Crippen molar-refractivity contribution < 1.29 is 131 Å². The van der Waals surface area contributed by atoms with Gasteiger partial charge in [-0.2, -0.15) is 48.5 Å². The molecule has 3 rings (SSSR count). The molecule has 0 saturated carbocycles. The molecule has 0 N–H and O–H groups in total. The first-order valence-corrected chi connectivity index (χ1v) is 5.81. The molecule has 0 aliphatic rings. The Kier molecular flexibility index (Phi) is 17.1. The summed E-state index contributed by atoms with van der Waals surface area (Å²) in [7, 11) is 0. The van der Waals surface area contributed by atoms with Crippen LogP contribution in [-0.2, 0) is 131 Å². The Balaban J connectivity index is 0. The molecule has 4 heteroatoms. The van der Waals surface area contributed by atoms with Gasteiger partial charge in [0, 0.05) is 131 Å². The largest absolute Gasteiger partial charge is 0.247 e. The SMILES string of the molecule is [Y].[Y].[Y].[Y].[c-]1cc(-c2[c-]cccc2)[c-]cc1-c1[c-]cccc1. The van der Waals surface area contributed by atoms with Crippen LogP contribution < -0.4 is 0 Å². The smallest absolute Gasteiger partial charge is 0 e. The summed E-state index contributed by atoms with van der Waals surface area (Å²) in [6.07, 6.45) is 0. The summed E-state index contributed by atoms with van der Waals surface area (Å²) >= 11 is 0. The maximum absolute atomic E-state index is 3.27. The van der Waals surface area contributed by atoms with Gasteiger partial charge in [0.2, 0.25) is 0 Å².